The van der Waals surface area contributed by atoms with Crippen LogP contribution in [0.25, 0.3) is 0 Å². The summed E-state index contributed by atoms with van der Waals surface area (Å²) in [4.78, 5) is 1.29. The Kier molecular flexibility index (Phi) is 6.81. The third kappa shape index (κ3) is 4.63. The van der Waals surface area contributed by atoms with E-state index in [1.165, 1.54) is 11.8 Å². The summed E-state index contributed by atoms with van der Waals surface area (Å²) < 4.78 is 27.4. The Labute approximate surface area is 131 Å². The highest BCUT2D eigenvalue weighted by Crippen LogP contribution is 2.22. The van der Waals surface area contributed by atoms with Crippen molar-refractivity contribution < 1.29 is 8.42 Å². The number of nitrogens with two attached hydrogens (primary N) is 1. The third-order valence-electron chi connectivity index (χ3n) is 3.45. The minimum atomic E-state index is -3.41. The molecule has 1 aromatic carbocycles. The highest BCUT2D eigenvalue weighted by atomic mass is 35.5. The Morgan fingerprint density at radius 1 is 1.25 bits per heavy atom. The van der Waals surface area contributed by atoms with Crippen LogP contribution in [-0.2, 0) is 10.0 Å². The first kappa shape index (κ1) is 17.8. The number of hydrogen-bond acceptors (Lipinski definition) is 4. The van der Waals surface area contributed by atoms with Crippen molar-refractivity contribution in [3.05, 3.63) is 24.3 Å². The van der Waals surface area contributed by atoms with Gasteiger partial charge in [-0.15, -0.1) is 24.2 Å². The second-order valence-corrected chi connectivity index (χ2v) is 7.51. The number of sulfonamides is 1. The summed E-state index contributed by atoms with van der Waals surface area (Å²) >= 11 is 1.54. The molecule has 0 spiro atoms. The summed E-state index contributed by atoms with van der Waals surface area (Å²) in [7, 11) is -3.41. The van der Waals surface area contributed by atoms with Gasteiger partial charge in [0, 0.05) is 17.0 Å². The molecule has 0 saturated heterocycles. The van der Waals surface area contributed by atoms with Crippen molar-refractivity contribution in [2.24, 2.45) is 5.73 Å². The highest BCUT2D eigenvalue weighted by Gasteiger charge is 2.24. The molecule has 0 aromatic heterocycles. The number of halogens is 1. The average Bonchev–Trinajstić information content (AvgIpc) is 2.41. The number of thioether (sulfide) groups is 1. The van der Waals surface area contributed by atoms with E-state index in [0.717, 1.165) is 30.6 Å². The fraction of sp³-hybridized carbons (Fsp3) is 0.538. The quantitative estimate of drug-likeness (QED) is 0.828. The molecule has 1 aliphatic rings. The largest absolute Gasteiger partial charge is 0.328 e. The zero-order valence-electron chi connectivity index (χ0n) is 11.4. The lowest BCUT2D eigenvalue weighted by molar-refractivity contribution is 0.373. The smallest absolute Gasteiger partial charge is 0.240 e. The molecule has 20 heavy (non-hydrogen) atoms. The molecule has 7 heteroatoms. The summed E-state index contributed by atoms with van der Waals surface area (Å²) in [5.41, 5.74) is 5.83. The van der Waals surface area contributed by atoms with E-state index >= 15 is 0 Å². The van der Waals surface area contributed by atoms with Crippen LogP contribution in [-0.4, -0.2) is 26.8 Å². The van der Waals surface area contributed by atoms with Gasteiger partial charge in [-0.3, -0.25) is 0 Å². The zero-order valence-corrected chi connectivity index (χ0v) is 13.9. The van der Waals surface area contributed by atoms with Crippen molar-refractivity contribution in [1.29, 1.82) is 0 Å². The van der Waals surface area contributed by atoms with Crippen LogP contribution in [0.1, 0.15) is 25.7 Å². The molecule has 0 radical (unpaired) electrons. The molecule has 0 atom stereocenters. The van der Waals surface area contributed by atoms with Crippen molar-refractivity contribution >= 4 is 34.2 Å². The van der Waals surface area contributed by atoms with Gasteiger partial charge >= 0.3 is 0 Å². The number of rotatable bonds is 4. The van der Waals surface area contributed by atoms with E-state index in [9.17, 15) is 8.42 Å². The Balaban J connectivity index is 0.00000200. The molecule has 2 rings (SSSR count). The van der Waals surface area contributed by atoms with Gasteiger partial charge in [0.05, 0.1) is 4.90 Å². The molecule has 0 bridgehead atoms. The average molecular weight is 337 g/mol. The molecule has 3 N–H and O–H groups in total. The van der Waals surface area contributed by atoms with Crippen molar-refractivity contribution in [2.45, 2.75) is 47.6 Å². The molecule has 1 saturated carbocycles. The first-order valence-corrected chi connectivity index (χ1v) is 9.14. The van der Waals surface area contributed by atoms with E-state index in [1.54, 1.807) is 18.2 Å². The minimum absolute atomic E-state index is 0. The van der Waals surface area contributed by atoms with Crippen LogP contribution in [0.2, 0.25) is 0 Å². The number of benzene rings is 1. The van der Waals surface area contributed by atoms with E-state index in [1.807, 2.05) is 12.3 Å². The molecular weight excluding hydrogens is 316 g/mol. The second kappa shape index (κ2) is 7.66. The van der Waals surface area contributed by atoms with Crippen LogP contribution < -0.4 is 10.5 Å². The first-order valence-electron chi connectivity index (χ1n) is 6.43. The van der Waals surface area contributed by atoms with Crippen LogP contribution in [0.4, 0.5) is 0 Å². The SMILES string of the molecule is CSc1cccc(S(=O)(=O)NC2CCC(N)CC2)c1.Cl. The Morgan fingerprint density at radius 2 is 1.90 bits per heavy atom. The van der Waals surface area contributed by atoms with Crippen molar-refractivity contribution in [3.8, 4) is 0 Å². The van der Waals surface area contributed by atoms with E-state index in [4.69, 9.17) is 5.73 Å². The molecule has 1 aromatic rings. The summed E-state index contributed by atoms with van der Waals surface area (Å²) in [6.07, 6.45) is 5.35. The predicted molar refractivity (Wildman–Crippen MR) is 86.0 cm³/mol. The Bertz CT molecular complexity index is 529. The van der Waals surface area contributed by atoms with Gasteiger partial charge in [-0.1, -0.05) is 6.07 Å². The van der Waals surface area contributed by atoms with Gasteiger partial charge in [0.15, 0.2) is 0 Å². The fourth-order valence-corrected chi connectivity index (χ4v) is 4.18. The monoisotopic (exact) mass is 336 g/mol. The summed E-state index contributed by atoms with van der Waals surface area (Å²) in [6.45, 7) is 0. The number of hydrogen-bond donors (Lipinski definition) is 2. The molecule has 4 nitrogen and oxygen atoms in total. The minimum Gasteiger partial charge on any atom is -0.328 e. The normalized spacial score (nSPS) is 23.1. The van der Waals surface area contributed by atoms with Gasteiger partial charge in [-0.2, -0.15) is 0 Å². The molecule has 0 amide bonds. The van der Waals surface area contributed by atoms with Crippen LogP contribution in [0.3, 0.4) is 0 Å². The maximum Gasteiger partial charge on any atom is 0.240 e. The molecular formula is C13H21ClN2O2S2. The molecule has 0 heterocycles. The van der Waals surface area contributed by atoms with Gasteiger partial charge in [-0.05, 0) is 50.1 Å². The standard InChI is InChI=1S/C13H20N2O2S2.ClH/c1-18-12-3-2-4-13(9-12)19(16,17)15-11-7-5-10(14)6-8-11;/h2-4,9-11,15H,5-8,14H2,1H3;1H. The maximum atomic E-state index is 12.3. The maximum absolute atomic E-state index is 12.3. The summed E-state index contributed by atoms with van der Waals surface area (Å²) in [5.74, 6) is 0. The lowest BCUT2D eigenvalue weighted by Gasteiger charge is -2.26. The van der Waals surface area contributed by atoms with Crippen LogP contribution in [0.15, 0.2) is 34.1 Å². The molecule has 1 aliphatic carbocycles. The van der Waals surface area contributed by atoms with Gasteiger partial charge in [0.1, 0.15) is 0 Å². The molecule has 1 fully saturated rings. The zero-order chi connectivity index (χ0) is 13.9. The van der Waals surface area contributed by atoms with Crippen LogP contribution in [0, 0.1) is 0 Å². The molecule has 114 valence electrons. The van der Waals surface area contributed by atoms with E-state index in [2.05, 4.69) is 4.72 Å². The predicted octanol–water partition coefficient (Wildman–Crippen LogP) is 2.38. The van der Waals surface area contributed by atoms with Crippen molar-refractivity contribution in [3.63, 3.8) is 0 Å². The lowest BCUT2D eigenvalue weighted by atomic mass is 9.93. The van der Waals surface area contributed by atoms with Gasteiger partial charge in [-0.25, -0.2) is 13.1 Å². The fourth-order valence-electron chi connectivity index (χ4n) is 2.29. The highest BCUT2D eigenvalue weighted by molar-refractivity contribution is 7.98. The van der Waals surface area contributed by atoms with Gasteiger partial charge < -0.3 is 5.73 Å². The van der Waals surface area contributed by atoms with Crippen molar-refractivity contribution in [1.82, 2.24) is 4.72 Å². The van der Waals surface area contributed by atoms with E-state index in [0.29, 0.717) is 4.90 Å². The molecule has 0 aliphatic heterocycles. The second-order valence-electron chi connectivity index (χ2n) is 4.91. The van der Waals surface area contributed by atoms with Crippen molar-refractivity contribution in [2.75, 3.05) is 6.26 Å². The topological polar surface area (TPSA) is 72.2 Å². The van der Waals surface area contributed by atoms with Gasteiger partial charge in [0.25, 0.3) is 0 Å². The lowest BCUT2D eigenvalue weighted by Crippen LogP contribution is -2.40. The molecule has 0 unspecified atom stereocenters. The Morgan fingerprint density at radius 3 is 2.50 bits per heavy atom. The number of nitrogens with one attached hydrogen (secondary N) is 1. The summed E-state index contributed by atoms with van der Waals surface area (Å²) in [5, 5.41) is 0. The van der Waals surface area contributed by atoms with Crippen LogP contribution >= 0.6 is 24.2 Å². The third-order valence-corrected chi connectivity index (χ3v) is 5.69. The van der Waals surface area contributed by atoms with E-state index < -0.39 is 10.0 Å². The van der Waals surface area contributed by atoms with E-state index in [-0.39, 0.29) is 24.5 Å². The Hall–Kier alpha value is -0.270. The summed E-state index contributed by atoms with van der Waals surface area (Å²) in [6, 6.07) is 7.27. The first-order chi connectivity index (χ1) is 9.01. The van der Waals surface area contributed by atoms with Crippen LogP contribution in [0.5, 0.6) is 0 Å². The van der Waals surface area contributed by atoms with Gasteiger partial charge in [0.2, 0.25) is 10.0 Å².